The van der Waals surface area contributed by atoms with Crippen molar-refractivity contribution < 1.29 is 13.2 Å². The number of carbonyl (C=O) groups is 1. The number of anilines is 1. The molecule has 8 nitrogen and oxygen atoms in total. The molecule has 1 saturated heterocycles. The average Bonchev–Trinajstić information content (AvgIpc) is 2.85. The van der Waals surface area contributed by atoms with Crippen molar-refractivity contribution in [2.45, 2.75) is 44.6 Å². The molecule has 1 aliphatic rings. The Hall–Kier alpha value is -3.01. The van der Waals surface area contributed by atoms with Gasteiger partial charge < -0.3 is 15.5 Å². The molecule has 1 fully saturated rings. The number of hydrogen-bond acceptors (Lipinski definition) is 5. The summed E-state index contributed by atoms with van der Waals surface area (Å²) in [4.78, 5) is 19.7. The number of urea groups is 1. The second-order valence-electron chi connectivity index (χ2n) is 9.31. The van der Waals surface area contributed by atoms with Crippen LogP contribution in [0.25, 0.3) is 10.9 Å². The molecule has 0 radical (unpaired) electrons. The molecule has 2 heterocycles. The first-order valence-corrected chi connectivity index (χ1v) is 13.9. The number of para-hydroxylation sites is 1. The Bertz CT molecular complexity index is 1320. The predicted octanol–water partition coefficient (Wildman–Crippen LogP) is 4.15. The molecule has 0 bridgehead atoms. The van der Waals surface area contributed by atoms with Crippen molar-refractivity contribution >= 4 is 32.6 Å². The van der Waals surface area contributed by atoms with Crippen molar-refractivity contribution in [3.8, 4) is 0 Å². The fourth-order valence-electron chi connectivity index (χ4n) is 4.87. The highest BCUT2D eigenvalue weighted by Gasteiger charge is 2.32. The zero-order valence-electron chi connectivity index (χ0n) is 21.2. The molecule has 192 valence electrons. The van der Waals surface area contributed by atoms with E-state index >= 15 is 0 Å². The van der Waals surface area contributed by atoms with Gasteiger partial charge in [0, 0.05) is 36.8 Å². The van der Waals surface area contributed by atoms with E-state index in [1.165, 1.54) is 0 Å². The number of benzene rings is 2. The lowest BCUT2D eigenvalue weighted by molar-refractivity contribution is 0.162. The molecular formula is C27H35N5O3S. The second kappa shape index (κ2) is 11.4. The molecule has 2 amide bonds. The van der Waals surface area contributed by atoms with Gasteiger partial charge in [0.25, 0.3) is 0 Å². The summed E-state index contributed by atoms with van der Waals surface area (Å²) in [7, 11) is -3.52. The molecule has 2 aromatic carbocycles. The summed E-state index contributed by atoms with van der Waals surface area (Å²) in [5.74, 6) is 0. The Balaban J connectivity index is 1.27. The number of nitrogens with zero attached hydrogens (tertiary/aromatic N) is 3. The summed E-state index contributed by atoms with van der Waals surface area (Å²) >= 11 is 0. The normalized spacial score (nSPS) is 15.3. The first-order valence-electron chi connectivity index (χ1n) is 12.5. The van der Waals surface area contributed by atoms with Crippen LogP contribution >= 0.6 is 0 Å². The second-order valence-corrected chi connectivity index (χ2v) is 11.2. The van der Waals surface area contributed by atoms with Crippen molar-refractivity contribution in [1.29, 1.82) is 0 Å². The Morgan fingerprint density at radius 1 is 1.08 bits per heavy atom. The fraction of sp³-hybridized carbons (Fsp3) is 0.407. The van der Waals surface area contributed by atoms with E-state index in [0.29, 0.717) is 24.5 Å². The first kappa shape index (κ1) is 26.1. The molecule has 0 spiro atoms. The van der Waals surface area contributed by atoms with Gasteiger partial charge >= 0.3 is 6.03 Å². The molecule has 1 aliphatic heterocycles. The molecule has 3 aromatic rings. The van der Waals surface area contributed by atoms with Crippen molar-refractivity contribution in [2.75, 3.05) is 38.0 Å². The Kier molecular flexibility index (Phi) is 8.23. The number of nitrogens with one attached hydrogen (secondary N) is 2. The van der Waals surface area contributed by atoms with Gasteiger partial charge in [0.2, 0.25) is 10.0 Å². The predicted molar refractivity (Wildman–Crippen MR) is 144 cm³/mol. The van der Waals surface area contributed by atoms with Gasteiger partial charge in [-0.05, 0) is 69.6 Å². The number of rotatable bonds is 8. The van der Waals surface area contributed by atoms with Crippen LogP contribution in [0.3, 0.4) is 0 Å². The molecule has 9 heteroatoms. The lowest BCUT2D eigenvalue weighted by Crippen LogP contribution is -2.48. The van der Waals surface area contributed by atoms with E-state index in [0.717, 1.165) is 53.8 Å². The van der Waals surface area contributed by atoms with Gasteiger partial charge in [-0.3, -0.25) is 4.98 Å². The summed E-state index contributed by atoms with van der Waals surface area (Å²) in [6.45, 7) is 8.98. The van der Waals surface area contributed by atoms with Gasteiger partial charge in [-0.25, -0.2) is 13.2 Å². The van der Waals surface area contributed by atoms with Crippen LogP contribution in [-0.4, -0.2) is 67.4 Å². The van der Waals surface area contributed by atoms with E-state index in [2.05, 4.69) is 20.5 Å². The van der Waals surface area contributed by atoms with E-state index in [1.54, 1.807) is 22.5 Å². The number of carbonyl (C=O) groups excluding carboxylic acids is 1. The van der Waals surface area contributed by atoms with Crippen LogP contribution in [0, 0.1) is 13.8 Å². The highest BCUT2D eigenvalue weighted by atomic mass is 32.2. The summed E-state index contributed by atoms with van der Waals surface area (Å²) in [5.41, 5.74) is 3.37. The van der Waals surface area contributed by atoms with Gasteiger partial charge in [0.05, 0.1) is 16.1 Å². The third-order valence-corrected chi connectivity index (χ3v) is 8.70. The Morgan fingerprint density at radius 3 is 2.56 bits per heavy atom. The van der Waals surface area contributed by atoms with E-state index in [1.807, 2.05) is 57.2 Å². The molecule has 0 unspecified atom stereocenters. The quantitative estimate of drug-likeness (QED) is 0.476. The van der Waals surface area contributed by atoms with Crippen LogP contribution in [0.2, 0.25) is 0 Å². The average molecular weight is 510 g/mol. The SMILES string of the molecule is CCN(C1CCN(CCNC(=O)Nc2cc(C)nc3ccccc23)CC1)S(=O)(=O)c1cccc(C)c1. The van der Waals surface area contributed by atoms with Crippen LogP contribution < -0.4 is 10.6 Å². The number of aryl methyl sites for hydroxylation is 2. The minimum absolute atomic E-state index is 0.0174. The van der Waals surface area contributed by atoms with Gasteiger partial charge in [-0.2, -0.15) is 4.31 Å². The van der Waals surface area contributed by atoms with Crippen LogP contribution in [0.4, 0.5) is 10.5 Å². The van der Waals surface area contributed by atoms with Crippen LogP contribution in [-0.2, 0) is 10.0 Å². The first-order chi connectivity index (χ1) is 17.3. The highest BCUT2D eigenvalue weighted by Crippen LogP contribution is 2.25. The third kappa shape index (κ3) is 6.03. The van der Waals surface area contributed by atoms with Crippen molar-refractivity contribution in [3.05, 3.63) is 65.9 Å². The summed E-state index contributed by atoms with van der Waals surface area (Å²) < 4.78 is 28.1. The lowest BCUT2D eigenvalue weighted by atomic mass is 10.1. The molecule has 2 N–H and O–H groups in total. The highest BCUT2D eigenvalue weighted by molar-refractivity contribution is 7.89. The number of hydrogen-bond donors (Lipinski definition) is 2. The smallest absolute Gasteiger partial charge is 0.319 e. The largest absolute Gasteiger partial charge is 0.337 e. The van der Waals surface area contributed by atoms with E-state index in [4.69, 9.17) is 0 Å². The van der Waals surface area contributed by atoms with Gasteiger partial charge in [0.15, 0.2) is 0 Å². The molecule has 0 atom stereocenters. The van der Waals surface area contributed by atoms with E-state index in [9.17, 15) is 13.2 Å². The Labute approximate surface area is 213 Å². The molecule has 0 saturated carbocycles. The maximum Gasteiger partial charge on any atom is 0.319 e. The Morgan fingerprint density at radius 2 is 1.83 bits per heavy atom. The summed E-state index contributed by atoms with van der Waals surface area (Å²) in [6, 6.07) is 16.4. The van der Waals surface area contributed by atoms with Crippen molar-refractivity contribution in [3.63, 3.8) is 0 Å². The number of aromatic nitrogens is 1. The number of pyridine rings is 1. The van der Waals surface area contributed by atoms with E-state index in [-0.39, 0.29) is 12.1 Å². The fourth-order valence-corrected chi connectivity index (χ4v) is 6.67. The molecule has 4 rings (SSSR count). The standard InChI is InChI=1S/C27H35N5O3S/c1-4-32(36(34,35)23-9-7-8-20(2)18-23)22-12-15-31(16-13-22)17-14-28-27(33)30-26-19-21(3)29-25-11-6-5-10-24(25)26/h5-11,18-19,22H,4,12-17H2,1-3H3,(H2,28,29,30,33). The molecule has 0 aliphatic carbocycles. The monoisotopic (exact) mass is 509 g/mol. The number of likely N-dealkylation sites (tertiary alicyclic amines) is 1. The molecular weight excluding hydrogens is 474 g/mol. The number of piperidine rings is 1. The molecule has 36 heavy (non-hydrogen) atoms. The number of sulfonamides is 1. The van der Waals surface area contributed by atoms with Crippen molar-refractivity contribution in [1.82, 2.24) is 19.5 Å². The van der Waals surface area contributed by atoms with Gasteiger partial charge in [-0.15, -0.1) is 0 Å². The lowest BCUT2D eigenvalue weighted by Gasteiger charge is -2.37. The topological polar surface area (TPSA) is 94.6 Å². The van der Waals surface area contributed by atoms with Crippen LogP contribution in [0.15, 0.2) is 59.5 Å². The summed E-state index contributed by atoms with van der Waals surface area (Å²) in [6.07, 6.45) is 1.54. The minimum Gasteiger partial charge on any atom is -0.337 e. The maximum atomic E-state index is 13.3. The molecule has 1 aromatic heterocycles. The van der Waals surface area contributed by atoms with Crippen molar-refractivity contribution in [2.24, 2.45) is 0 Å². The maximum absolute atomic E-state index is 13.3. The van der Waals surface area contributed by atoms with Gasteiger partial charge in [-0.1, -0.05) is 37.3 Å². The number of fused-ring (bicyclic) bond motifs is 1. The summed E-state index contributed by atoms with van der Waals surface area (Å²) in [5, 5.41) is 6.79. The zero-order valence-corrected chi connectivity index (χ0v) is 22.0. The van der Waals surface area contributed by atoms with E-state index < -0.39 is 10.0 Å². The number of amides is 2. The zero-order chi connectivity index (χ0) is 25.7. The minimum atomic E-state index is -3.52. The van der Waals surface area contributed by atoms with Crippen LogP contribution in [0.5, 0.6) is 0 Å². The van der Waals surface area contributed by atoms with Crippen LogP contribution in [0.1, 0.15) is 31.0 Å². The van der Waals surface area contributed by atoms with Gasteiger partial charge in [0.1, 0.15) is 0 Å². The third-order valence-electron chi connectivity index (χ3n) is 6.68.